The van der Waals surface area contributed by atoms with Crippen LogP contribution in [-0.2, 0) is 25.6 Å². The van der Waals surface area contributed by atoms with Gasteiger partial charge in [-0.25, -0.2) is 4.79 Å². The van der Waals surface area contributed by atoms with Gasteiger partial charge in [0.25, 0.3) is 0 Å². The van der Waals surface area contributed by atoms with Crippen LogP contribution in [0.15, 0.2) is 30.3 Å². The standard InChI is InChI=1S/C21H33N5O6/c1-13(18(28)26-17(12-27)21(31)32)24-20(30)16(11-14-7-3-2-4-8-14)25-19(29)15(23)9-5-6-10-22/h2-4,7-8,13,15-17,27H,5-6,9-12,22-23H2,1H3,(H,24,30)(H,25,29)(H,26,28)(H,31,32). The van der Waals surface area contributed by atoms with Gasteiger partial charge in [0.1, 0.15) is 18.1 Å². The van der Waals surface area contributed by atoms with Crippen molar-refractivity contribution < 1.29 is 29.4 Å². The van der Waals surface area contributed by atoms with Crippen molar-refractivity contribution in [3.63, 3.8) is 0 Å². The number of unbranched alkanes of at least 4 members (excludes halogenated alkanes) is 1. The predicted octanol–water partition coefficient (Wildman–Crippen LogP) is -1.76. The van der Waals surface area contributed by atoms with Crippen LogP contribution in [0.3, 0.4) is 0 Å². The average molecular weight is 452 g/mol. The molecule has 0 bridgehead atoms. The van der Waals surface area contributed by atoms with Crippen molar-refractivity contribution in [1.82, 2.24) is 16.0 Å². The van der Waals surface area contributed by atoms with Crippen LogP contribution in [-0.4, -0.2) is 71.2 Å². The number of nitrogens with one attached hydrogen (secondary N) is 3. The second-order valence-electron chi connectivity index (χ2n) is 7.45. The van der Waals surface area contributed by atoms with Gasteiger partial charge in [-0.3, -0.25) is 14.4 Å². The van der Waals surface area contributed by atoms with Crippen LogP contribution in [0.2, 0.25) is 0 Å². The molecular weight excluding hydrogens is 418 g/mol. The van der Waals surface area contributed by atoms with E-state index in [1.165, 1.54) is 6.92 Å². The van der Waals surface area contributed by atoms with E-state index >= 15 is 0 Å². The number of benzene rings is 1. The van der Waals surface area contributed by atoms with Crippen LogP contribution in [0.25, 0.3) is 0 Å². The lowest BCUT2D eigenvalue weighted by Crippen LogP contribution is -2.57. The molecule has 0 spiro atoms. The number of carbonyl (C=O) groups is 4. The Labute approximate surface area is 186 Å². The van der Waals surface area contributed by atoms with E-state index < -0.39 is 54.5 Å². The second-order valence-corrected chi connectivity index (χ2v) is 7.45. The third-order valence-corrected chi connectivity index (χ3v) is 4.77. The molecular formula is C21H33N5O6. The molecule has 0 saturated carbocycles. The van der Waals surface area contributed by atoms with Crippen molar-refractivity contribution in [3.05, 3.63) is 35.9 Å². The molecule has 4 atom stereocenters. The number of aliphatic carboxylic acids is 1. The Morgan fingerprint density at radius 3 is 2.12 bits per heavy atom. The fourth-order valence-corrected chi connectivity index (χ4v) is 2.84. The van der Waals surface area contributed by atoms with Crippen LogP contribution in [0.5, 0.6) is 0 Å². The lowest BCUT2D eigenvalue weighted by molar-refractivity contribution is -0.143. The van der Waals surface area contributed by atoms with Crippen molar-refractivity contribution in [2.24, 2.45) is 11.5 Å². The van der Waals surface area contributed by atoms with E-state index in [9.17, 15) is 19.2 Å². The van der Waals surface area contributed by atoms with Crippen molar-refractivity contribution >= 4 is 23.7 Å². The van der Waals surface area contributed by atoms with Crippen molar-refractivity contribution in [3.8, 4) is 0 Å². The monoisotopic (exact) mass is 451 g/mol. The van der Waals surface area contributed by atoms with Gasteiger partial charge in [0.05, 0.1) is 12.6 Å². The van der Waals surface area contributed by atoms with E-state index in [1.807, 2.05) is 6.07 Å². The molecule has 3 amide bonds. The molecule has 0 saturated heterocycles. The first kappa shape index (κ1) is 27.0. The topological polar surface area (TPSA) is 197 Å². The fourth-order valence-electron chi connectivity index (χ4n) is 2.84. The van der Waals surface area contributed by atoms with E-state index in [4.69, 9.17) is 21.7 Å². The van der Waals surface area contributed by atoms with Crippen LogP contribution in [0.4, 0.5) is 0 Å². The highest BCUT2D eigenvalue weighted by atomic mass is 16.4. The SMILES string of the molecule is CC(NC(=O)C(Cc1ccccc1)NC(=O)C(N)CCCCN)C(=O)NC(CO)C(=O)O. The Morgan fingerprint density at radius 1 is 0.938 bits per heavy atom. The number of hydrogen-bond acceptors (Lipinski definition) is 7. The van der Waals surface area contributed by atoms with E-state index in [0.717, 1.165) is 12.0 Å². The molecule has 11 heteroatoms. The molecule has 0 aromatic heterocycles. The summed E-state index contributed by atoms with van der Waals surface area (Å²) in [5.41, 5.74) is 12.2. The Morgan fingerprint density at radius 2 is 1.56 bits per heavy atom. The minimum atomic E-state index is -1.49. The van der Waals surface area contributed by atoms with Gasteiger partial charge in [0.15, 0.2) is 0 Å². The highest BCUT2D eigenvalue weighted by molar-refractivity contribution is 5.94. The van der Waals surface area contributed by atoms with Crippen LogP contribution >= 0.6 is 0 Å². The van der Waals surface area contributed by atoms with Gasteiger partial charge in [-0.05, 0) is 31.9 Å². The van der Waals surface area contributed by atoms with Crippen LogP contribution in [0, 0.1) is 0 Å². The summed E-state index contributed by atoms with van der Waals surface area (Å²) in [5, 5.41) is 25.2. The van der Waals surface area contributed by atoms with E-state index in [2.05, 4.69) is 16.0 Å². The predicted molar refractivity (Wildman–Crippen MR) is 117 cm³/mol. The number of carboxylic acids is 1. The molecule has 1 rings (SSSR count). The van der Waals surface area contributed by atoms with Crippen molar-refractivity contribution in [2.75, 3.05) is 13.2 Å². The zero-order chi connectivity index (χ0) is 24.1. The molecule has 0 heterocycles. The normalized spacial score (nSPS) is 14.5. The molecule has 32 heavy (non-hydrogen) atoms. The fraction of sp³-hybridized carbons (Fsp3) is 0.524. The third-order valence-electron chi connectivity index (χ3n) is 4.77. The highest BCUT2D eigenvalue weighted by Gasteiger charge is 2.28. The third kappa shape index (κ3) is 9.41. The molecule has 11 nitrogen and oxygen atoms in total. The zero-order valence-corrected chi connectivity index (χ0v) is 18.1. The first-order valence-electron chi connectivity index (χ1n) is 10.4. The lowest BCUT2D eigenvalue weighted by atomic mass is 10.0. The van der Waals surface area contributed by atoms with E-state index in [-0.39, 0.29) is 6.42 Å². The Kier molecular flexibility index (Phi) is 11.9. The van der Waals surface area contributed by atoms with Crippen molar-refractivity contribution in [2.45, 2.75) is 56.8 Å². The maximum atomic E-state index is 12.8. The maximum Gasteiger partial charge on any atom is 0.328 e. The maximum absolute atomic E-state index is 12.8. The summed E-state index contributed by atoms with van der Waals surface area (Å²) in [4.78, 5) is 48.5. The number of aliphatic hydroxyl groups excluding tert-OH is 1. The summed E-state index contributed by atoms with van der Waals surface area (Å²) in [6.07, 6.45) is 1.98. The zero-order valence-electron chi connectivity index (χ0n) is 18.1. The number of carboxylic acid groups (broad SMARTS) is 1. The van der Waals surface area contributed by atoms with Gasteiger partial charge in [-0.2, -0.15) is 0 Å². The molecule has 0 radical (unpaired) electrons. The van der Waals surface area contributed by atoms with E-state index in [1.54, 1.807) is 24.3 Å². The minimum Gasteiger partial charge on any atom is -0.480 e. The number of amides is 3. The Bertz CT molecular complexity index is 760. The van der Waals surface area contributed by atoms with Gasteiger partial charge in [-0.1, -0.05) is 36.8 Å². The summed E-state index contributed by atoms with van der Waals surface area (Å²) in [6.45, 7) is 1.06. The first-order chi connectivity index (χ1) is 15.2. The molecule has 9 N–H and O–H groups in total. The van der Waals surface area contributed by atoms with Crippen LogP contribution in [0.1, 0.15) is 31.7 Å². The molecule has 1 aromatic carbocycles. The Hall–Kier alpha value is -3.02. The molecule has 0 aliphatic rings. The number of carbonyl (C=O) groups excluding carboxylic acids is 3. The minimum absolute atomic E-state index is 0.163. The molecule has 178 valence electrons. The number of rotatable bonds is 14. The summed E-state index contributed by atoms with van der Waals surface area (Å²) in [7, 11) is 0. The molecule has 0 aliphatic carbocycles. The molecule has 4 unspecified atom stereocenters. The molecule has 0 aliphatic heterocycles. The highest BCUT2D eigenvalue weighted by Crippen LogP contribution is 2.06. The molecule has 0 fully saturated rings. The van der Waals surface area contributed by atoms with Gasteiger partial charge < -0.3 is 37.6 Å². The van der Waals surface area contributed by atoms with Crippen molar-refractivity contribution in [1.29, 1.82) is 0 Å². The van der Waals surface area contributed by atoms with Gasteiger partial charge in [-0.15, -0.1) is 0 Å². The number of aliphatic hydroxyl groups is 1. The molecule has 1 aromatic rings. The summed E-state index contributed by atoms with van der Waals surface area (Å²) in [5.74, 6) is -3.32. The van der Waals surface area contributed by atoms with Gasteiger partial charge in [0.2, 0.25) is 17.7 Å². The number of nitrogens with two attached hydrogens (primary N) is 2. The van der Waals surface area contributed by atoms with Gasteiger partial charge in [0, 0.05) is 6.42 Å². The first-order valence-corrected chi connectivity index (χ1v) is 10.4. The summed E-state index contributed by atoms with van der Waals surface area (Å²) >= 11 is 0. The smallest absolute Gasteiger partial charge is 0.328 e. The summed E-state index contributed by atoms with van der Waals surface area (Å²) in [6, 6.07) is 4.58. The lowest BCUT2D eigenvalue weighted by Gasteiger charge is -2.23. The largest absolute Gasteiger partial charge is 0.480 e. The van der Waals surface area contributed by atoms with Gasteiger partial charge >= 0.3 is 5.97 Å². The number of hydrogen-bond donors (Lipinski definition) is 7. The van der Waals surface area contributed by atoms with Crippen LogP contribution < -0.4 is 27.4 Å². The average Bonchev–Trinajstić information content (AvgIpc) is 2.77. The van der Waals surface area contributed by atoms with E-state index in [0.29, 0.717) is 19.4 Å². The quantitative estimate of drug-likeness (QED) is 0.161. The summed E-state index contributed by atoms with van der Waals surface area (Å²) < 4.78 is 0. The second kappa shape index (κ2) is 14.1. The Balaban J connectivity index is 2.84.